The Morgan fingerprint density at radius 2 is 1.83 bits per heavy atom. The van der Waals surface area contributed by atoms with E-state index in [0.717, 1.165) is 34.8 Å². The molecule has 24 heavy (non-hydrogen) atoms. The minimum atomic E-state index is -0.399. The first kappa shape index (κ1) is 16.3. The highest BCUT2D eigenvalue weighted by Crippen LogP contribution is 2.26. The maximum atomic E-state index is 11.1. The van der Waals surface area contributed by atoms with Crippen molar-refractivity contribution in [2.75, 3.05) is 0 Å². The lowest BCUT2D eigenvalue weighted by Gasteiger charge is -2.04. The van der Waals surface area contributed by atoms with Crippen molar-refractivity contribution in [2.24, 2.45) is 5.73 Å². The zero-order valence-electron chi connectivity index (χ0n) is 13.4. The van der Waals surface area contributed by atoms with Crippen LogP contribution in [-0.2, 0) is 12.2 Å². The standard InChI is InChI=1S/C19H18N2O2S/c1-2-16-11-18(21-23-16)14-7-9-17(10-8-14)24-12-13-3-5-15(6-4-13)19(20)22/h3-11H,2,12H2,1H3,(H2,20,22). The van der Waals surface area contributed by atoms with E-state index in [9.17, 15) is 4.79 Å². The molecule has 122 valence electrons. The van der Waals surface area contributed by atoms with Gasteiger partial charge in [-0.15, -0.1) is 11.8 Å². The molecule has 0 spiro atoms. The van der Waals surface area contributed by atoms with Crippen molar-refractivity contribution in [1.82, 2.24) is 5.16 Å². The Morgan fingerprint density at radius 3 is 2.42 bits per heavy atom. The molecule has 1 amide bonds. The molecular formula is C19H18N2O2S. The Morgan fingerprint density at radius 1 is 1.12 bits per heavy atom. The molecule has 0 radical (unpaired) electrons. The number of aromatic nitrogens is 1. The molecule has 5 heteroatoms. The fourth-order valence-corrected chi connectivity index (χ4v) is 3.12. The van der Waals surface area contributed by atoms with Gasteiger partial charge in [0, 0.05) is 34.3 Å². The summed E-state index contributed by atoms with van der Waals surface area (Å²) >= 11 is 1.74. The number of thioether (sulfide) groups is 1. The van der Waals surface area contributed by atoms with Crippen molar-refractivity contribution in [3.05, 3.63) is 71.5 Å². The predicted octanol–water partition coefficient (Wildman–Crippen LogP) is 4.30. The quantitative estimate of drug-likeness (QED) is 0.681. The Kier molecular flexibility index (Phi) is 5.01. The number of nitrogens with zero attached hydrogens (tertiary/aromatic N) is 1. The largest absolute Gasteiger partial charge is 0.366 e. The lowest BCUT2D eigenvalue weighted by atomic mass is 10.1. The van der Waals surface area contributed by atoms with Gasteiger partial charge in [0.25, 0.3) is 0 Å². The van der Waals surface area contributed by atoms with Crippen molar-refractivity contribution >= 4 is 17.7 Å². The Labute approximate surface area is 145 Å². The molecule has 0 aliphatic heterocycles. The van der Waals surface area contributed by atoms with Gasteiger partial charge in [0.15, 0.2) is 0 Å². The van der Waals surface area contributed by atoms with Crippen molar-refractivity contribution in [1.29, 1.82) is 0 Å². The third-order valence-electron chi connectivity index (χ3n) is 3.70. The minimum Gasteiger partial charge on any atom is -0.366 e. The van der Waals surface area contributed by atoms with Crippen LogP contribution in [0.2, 0.25) is 0 Å². The number of rotatable bonds is 6. The van der Waals surface area contributed by atoms with Gasteiger partial charge >= 0.3 is 0 Å². The number of hydrogen-bond donors (Lipinski definition) is 1. The molecule has 2 N–H and O–H groups in total. The normalized spacial score (nSPS) is 10.7. The Balaban J connectivity index is 1.62. The van der Waals surface area contributed by atoms with E-state index in [1.54, 1.807) is 23.9 Å². The number of primary amides is 1. The minimum absolute atomic E-state index is 0.399. The fourth-order valence-electron chi connectivity index (χ4n) is 2.27. The van der Waals surface area contributed by atoms with Crippen LogP contribution in [0.4, 0.5) is 0 Å². The SMILES string of the molecule is CCc1cc(-c2ccc(SCc3ccc(C(N)=O)cc3)cc2)no1. The molecule has 3 rings (SSSR count). The molecule has 4 nitrogen and oxygen atoms in total. The van der Waals surface area contributed by atoms with E-state index in [2.05, 4.69) is 29.4 Å². The first-order valence-electron chi connectivity index (χ1n) is 7.73. The molecular weight excluding hydrogens is 320 g/mol. The predicted molar refractivity (Wildman–Crippen MR) is 95.8 cm³/mol. The molecule has 0 aliphatic rings. The first-order chi connectivity index (χ1) is 11.7. The summed E-state index contributed by atoms with van der Waals surface area (Å²) in [7, 11) is 0. The van der Waals surface area contributed by atoms with Crippen LogP contribution >= 0.6 is 11.8 Å². The van der Waals surface area contributed by atoms with Crippen LogP contribution in [0.25, 0.3) is 11.3 Å². The highest BCUT2D eigenvalue weighted by molar-refractivity contribution is 7.98. The zero-order chi connectivity index (χ0) is 16.9. The van der Waals surface area contributed by atoms with Gasteiger partial charge < -0.3 is 10.3 Å². The van der Waals surface area contributed by atoms with E-state index in [1.807, 2.05) is 25.1 Å². The first-order valence-corrected chi connectivity index (χ1v) is 8.72. The second-order valence-electron chi connectivity index (χ2n) is 5.41. The lowest BCUT2D eigenvalue weighted by molar-refractivity contribution is 0.100. The Bertz CT molecular complexity index is 823. The summed E-state index contributed by atoms with van der Waals surface area (Å²) in [4.78, 5) is 12.2. The van der Waals surface area contributed by atoms with Gasteiger partial charge in [-0.2, -0.15) is 0 Å². The van der Waals surface area contributed by atoms with E-state index in [-0.39, 0.29) is 0 Å². The number of hydrogen-bond acceptors (Lipinski definition) is 4. The average Bonchev–Trinajstić information content (AvgIpc) is 3.10. The van der Waals surface area contributed by atoms with Crippen molar-refractivity contribution in [3.63, 3.8) is 0 Å². The molecule has 1 heterocycles. The van der Waals surface area contributed by atoms with Crippen LogP contribution in [0.5, 0.6) is 0 Å². The van der Waals surface area contributed by atoms with E-state index in [0.29, 0.717) is 5.56 Å². The molecule has 3 aromatic rings. The molecule has 1 aromatic heterocycles. The summed E-state index contributed by atoms with van der Waals surface area (Å²) in [6.45, 7) is 2.04. The van der Waals surface area contributed by atoms with Crippen LogP contribution in [0.3, 0.4) is 0 Å². The molecule has 0 fully saturated rings. The van der Waals surface area contributed by atoms with Crippen LogP contribution in [-0.4, -0.2) is 11.1 Å². The van der Waals surface area contributed by atoms with E-state index >= 15 is 0 Å². The van der Waals surface area contributed by atoms with Gasteiger partial charge in [-0.1, -0.05) is 36.3 Å². The topological polar surface area (TPSA) is 69.1 Å². The lowest BCUT2D eigenvalue weighted by Crippen LogP contribution is -2.10. The summed E-state index contributed by atoms with van der Waals surface area (Å²) in [5.74, 6) is 1.33. The number of aryl methyl sites for hydroxylation is 1. The van der Waals surface area contributed by atoms with Gasteiger partial charge in [0.1, 0.15) is 11.5 Å². The highest BCUT2D eigenvalue weighted by atomic mass is 32.2. The van der Waals surface area contributed by atoms with Crippen LogP contribution in [0.15, 0.2) is 64.0 Å². The second kappa shape index (κ2) is 7.36. The molecule has 0 saturated carbocycles. The number of amides is 1. The second-order valence-corrected chi connectivity index (χ2v) is 6.45. The summed E-state index contributed by atoms with van der Waals surface area (Å²) in [5, 5.41) is 4.08. The fraction of sp³-hybridized carbons (Fsp3) is 0.158. The summed E-state index contributed by atoms with van der Waals surface area (Å²) in [6.07, 6.45) is 0.843. The van der Waals surface area contributed by atoms with E-state index in [4.69, 9.17) is 10.3 Å². The average molecular weight is 338 g/mol. The highest BCUT2D eigenvalue weighted by Gasteiger charge is 2.06. The number of carbonyl (C=O) groups is 1. The van der Waals surface area contributed by atoms with Gasteiger partial charge in [0.2, 0.25) is 5.91 Å². The molecule has 2 aromatic carbocycles. The van der Waals surface area contributed by atoms with Crippen LogP contribution < -0.4 is 5.73 Å². The number of nitrogens with two attached hydrogens (primary N) is 1. The Hall–Kier alpha value is -2.53. The van der Waals surface area contributed by atoms with Gasteiger partial charge in [-0.25, -0.2) is 0 Å². The maximum Gasteiger partial charge on any atom is 0.248 e. The van der Waals surface area contributed by atoms with Crippen molar-refractivity contribution in [3.8, 4) is 11.3 Å². The maximum absolute atomic E-state index is 11.1. The van der Waals surface area contributed by atoms with Crippen molar-refractivity contribution in [2.45, 2.75) is 24.0 Å². The molecule has 0 unspecified atom stereocenters. The third kappa shape index (κ3) is 3.86. The molecule has 0 saturated heterocycles. The zero-order valence-corrected chi connectivity index (χ0v) is 14.2. The van der Waals surface area contributed by atoms with Crippen LogP contribution in [0.1, 0.15) is 28.6 Å². The third-order valence-corrected chi connectivity index (χ3v) is 4.78. The van der Waals surface area contributed by atoms with Gasteiger partial charge in [-0.05, 0) is 29.8 Å². The van der Waals surface area contributed by atoms with E-state index in [1.165, 1.54) is 4.90 Å². The summed E-state index contributed by atoms with van der Waals surface area (Å²) < 4.78 is 5.24. The number of benzene rings is 2. The summed E-state index contributed by atoms with van der Waals surface area (Å²) in [6, 6.07) is 17.6. The van der Waals surface area contributed by atoms with Crippen molar-refractivity contribution < 1.29 is 9.32 Å². The van der Waals surface area contributed by atoms with Gasteiger partial charge in [0.05, 0.1) is 0 Å². The monoisotopic (exact) mass is 338 g/mol. The summed E-state index contributed by atoms with van der Waals surface area (Å²) in [5.41, 5.74) is 8.85. The molecule has 0 bridgehead atoms. The molecule has 0 aliphatic carbocycles. The van der Waals surface area contributed by atoms with E-state index < -0.39 is 5.91 Å². The van der Waals surface area contributed by atoms with Gasteiger partial charge in [-0.3, -0.25) is 4.79 Å². The molecule has 0 atom stereocenters. The number of carbonyl (C=O) groups excluding carboxylic acids is 1. The van der Waals surface area contributed by atoms with Crippen LogP contribution in [0, 0.1) is 0 Å². The smallest absolute Gasteiger partial charge is 0.248 e.